The minimum absolute atomic E-state index is 0.0800. The summed E-state index contributed by atoms with van der Waals surface area (Å²) in [5.74, 6) is -0.183. The standard InChI is InChI=1S/C26H28N4O6S/c1-18-16-29(26(32)36-22-11-15-35-17-22)13-14-30(18)25(31)20-7-9-21(10-8-20)28-37(33,34)23-6-2-4-19-5-3-12-27-24(19)23/h2-10,12,18,22,28H,11,13-17H2,1H3/t18-,22-/m1/s1. The molecule has 0 spiro atoms. The third-order valence-corrected chi connectivity index (χ3v) is 7.98. The number of rotatable bonds is 5. The number of fused-ring (bicyclic) bond motifs is 1. The molecule has 1 aromatic heterocycles. The van der Waals surface area contributed by atoms with Crippen LogP contribution < -0.4 is 4.72 Å². The highest BCUT2D eigenvalue weighted by Gasteiger charge is 2.32. The molecule has 0 unspecified atom stereocenters. The number of carbonyl (C=O) groups excluding carboxylic acids is 2. The molecular formula is C26H28N4O6S. The summed E-state index contributed by atoms with van der Waals surface area (Å²) in [4.78, 5) is 33.2. The van der Waals surface area contributed by atoms with Crippen molar-refractivity contribution in [2.24, 2.45) is 0 Å². The Bertz CT molecular complexity index is 1400. The second kappa shape index (κ2) is 10.3. The second-order valence-electron chi connectivity index (χ2n) is 9.18. The summed E-state index contributed by atoms with van der Waals surface area (Å²) in [6.07, 6.45) is 1.66. The molecule has 10 nitrogen and oxygen atoms in total. The van der Waals surface area contributed by atoms with Crippen LogP contribution in [0.15, 0.2) is 65.7 Å². The number of aromatic nitrogens is 1. The van der Waals surface area contributed by atoms with Gasteiger partial charge in [0, 0.05) is 54.9 Å². The van der Waals surface area contributed by atoms with Crippen LogP contribution in [0.3, 0.4) is 0 Å². The van der Waals surface area contributed by atoms with E-state index in [0.717, 1.165) is 5.39 Å². The fraction of sp³-hybridized carbons (Fsp3) is 0.346. The zero-order valence-electron chi connectivity index (χ0n) is 20.4. The van der Waals surface area contributed by atoms with Crippen molar-refractivity contribution in [3.8, 4) is 0 Å². The van der Waals surface area contributed by atoms with E-state index in [4.69, 9.17) is 9.47 Å². The van der Waals surface area contributed by atoms with Crippen LogP contribution in [0.4, 0.5) is 10.5 Å². The topological polar surface area (TPSA) is 118 Å². The van der Waals surface area contributed by atoms with Crippen molar-refractivity contribution in [2.75, 3.05) is 37.6 Å². The van der Waals surface area contributed by atoms with Gasteiger partial charge >= 0.3 is 6.09 Å². The summed E-state index contributed by atoms with van der Waals surface area (Å²) < 4.78 is 39.4. The summed E-state index contributed by atoms with van der Waals surface area (Å²) in [6.45, 7) is 4.02. The Balaban J connectivity index is 1.22. The fourth-order valence-corrected chi connectivity index (χ4v) is 5.84. The predicted molar refractivity (Wildman–Crippen MR) is 137 cm³/mol. The Morgan fingerprint density at radius 1 is 1.08 bits per heavy atom. The van der Waals surface area contributed by atoms with Gasteiger partial charge in [-0.05, 0) is 43.3 Å². The molecule has 194 valence electrons. The largest absolute Gasteiger partial charge is 0.444 e. The van der Waals surface area contributed by atoms with Gasteiger partial charge in [0.1, 0.15) is 11.0 Å². The normalized spacial score (nSPS) is 20.1. The number of benzene rings is 2. The zero-order chi connectivity index (χ0) is 26.0. The van der Waals surface area contributed by atoms with Crippen molar-refractivity contribution in [3.05, 3.63) is 66.4 Å². The lowest BCUT2D eigenvalue weighted by molar-refractivity contribution is 0.0258. The molecule has 3 heterocycles. The summed E-state index contributed by atoms with van der Waals surface area (Å²) in [6, 6.07) is 14.6. The number of nitrogens with one attached hydrogen (secondary N) is 1. The summed E-state index contributed by atoms with van der Waals surface area (Å²) in [7, 11) is -3.89. The van der Waals surface area contributed by atoms with Crippen molar-refractivity contribution in [1.29, 1.82) is 0 Å². The van der Waals surface area contributed by atoms with E-state index in [-0.39, 0.29) is 29.0 Å². The molecule has 2 aromatic carbocycles. The predicted octanol–water partition coefficient (Wildman–Crippen LogP) is 3.11. The summed E-state index contributed by atoms with van der Waals surface area (Å²) >= 11 is 0. The molecule has 0 aliphatic carbocycles. The first-order chi connectivity index (χ1) is 17.8. The molecular weight excluding hydrogens is 496 g/mol. The van der Waals surface area contributed by atoms with E-state index in [2.05, 4.69) is 9.71 Å². The van der Waals surface area contributed by atoms with Gasteiger partial charge in [-0.1, -0.05) is 18.2 Å². The molecule has 0 bridgehead atoms. The van der Waals surface area contributed by atoms with Crippen molar-refractivity contribution < 1.29 is 27.5 Å². The Kier molecular flexibility index (Phi) is 6.98. The van der Waals surface area contributed by atoms with Crippen LogP contribution in [0.2, 0.25) is 0 Å². The minimum Gasteiger partial charge on any atom is -0.444 e. The lowest BCUT2D eigenvalue weighted by atomic mass is 10.1. The monoisotopic (exact) mass is 524 g/mol. The van der Waals surface area contributed by atoms with Gasteiger partial charge in [-0.25, -0.2) is 13.2 Å². The van der Waals surface area contributed by atoms with Gasteiger partial charge in [0.25, 0.3) is 15.9 Å². The first-order valence-corrected chi connectivity index (χ1v) is 13.6. The average Bonchev–Trinajstić information content (AvgIpc) is 3.41. The average molecular weight is 525 g/mol. The number of ether oxygens (including phenoxy) is 2. The van der Waals surface area contributed by atoms with Crippen LogP contribution in [0.1, 0.15) is 23.7 Å². The number of carbonyl (C=O) groups is 2. The zero-order valence-corrected chi connectivity index (χ0v) is 21.2. The Morgan fingerprint density at radius 2 is 1.86 bits per heavy atom. The number of hydrogen-bond donors (Lipinski definition) is 1. The summed E-state index contributed by atoms with van der Waals surface area (Å²) in [5, 5.41) is 0.723. The van der Waals surface area contributed by atoms with E-state index in [9.17, 15) is 18.0 Å². The number of amides is 2. The highest BCUT2D eigenvalue weighted by Crippen LogP contribution is 2.24. The molecule has 5 rings (SSSR count). The molecule has 2 atom stereocenters. The van der Waals surface area contributed by atoms with Crippen molar-refractivity contribution in [1.82, 2.24) is 14.8 Å². The number of para-hydroxylation sites is 1. The van der Waals surface area contributed by atoms with E-state index >= 15 is 0 Å². The maximum absolute atomic E-state index is 13.2. The van der Waals surface area contributed by atoms with Crippen molar-refractivity contribution >= 4 is 38.6 Å². The van der Waals surface area contributed by atoms with Crippen molar-refractivity contribution in [3.63, 3.8) is 0 Å². The Hall–Kier alpha value is -3.70. The molecule has 11 heteroatoms. The molecule has 2 fully saturated rings. The van der Waals surface area contributed by atoms with Crippen LogP contribution in [-0.2, 0) is 19.5 Å². The van der Waals surface area contributed by atoms with E-state index in [1.807, 2.05) is 6.92 Å². The summed E-state index contributed by atoms with van der Waals surface area (Å²) in [5.41, 5.74) is 1.15. The molecule has 2 aliphatic rings. The maximum Gasteiger partial charge on any atom is 0.410 e. The molecule has 2 amide bonds. The van der Waals surface area contributed by atoms with E-state index in [0.29, 0.717) is 56.0 Å². The molecule has 2 aliphatic heterocycles. The van der Waals surface area contributed by atoms with E-state index in [1.165, 1.54) is 6.07 Å². The SMILES string of the molecule is C[C@@H]1CN(C(=O)O[C@@H]2CCOC2)CCN1C(=O)c1ccc(NS(=O)(=O)c2cccc3cccnc23)cc1. The quantitative estimate of drug-likeness (QED) is 0.545. The van der Waals surface area contributed by atoms with Gasteiger partial charge in [-0.3, -0.25) is 14.5 Å². The molecule has 37 heavy (non-hydrogen) atoms. The van der Waals surface area contributed by atoms with Crippen LogP contribution in [0.25, 0.3) is 10.9 Å². The molecule has 1 N–H and O–H groups in total. The van der Waals surface area contributed by atoms with E-state index < -0.39 is 10.0 Å². The van der Waals surface area contributed by atoms with Crippen LogP contribution in [0, 0.1) is 0 Å². The van der Waals surface area contributed by atoms with Crippen LogP contribution in [0.5, 0.6) is 0 Å². The first kappa shape index (κ1) is 25.0. The number of pyridine rings is 1. The number of piperazine rings is 1. The lowest BCUT2D eigenvalue weighted by Gasteiger charge is -2.39. The van der Waals surface area contributed by atoms with Crippen LogP contribution >= 0.6 is 0 Å². The highest BCUT2D eigenvalue weighted by atomic mass is 32.2. The van der Waals surface area contributed by atoms with Gasteiger partial charge in [0.15, 0.2) is 0 Å². The third-order valence-electron chi connectivity index (χ3n) is 6.57. The van der Waals surface area contributed by atoms with Crippen molar-refractivity contribution in [2.45, 2.75) is 30.4 Å². The molecule has 2 saturated heterocycles. The smallest absolute Gasteiger partial charge is 0.410 e. The number of anilines is 1. The van der Waals surface area contributed by atoms with Gasteiger partial charge in [-0.15, -0.1) is 0 Å². The van der Waals surface area contributed by atoms with Gasteiger partial charge in [0.2, 0.25) is 0 Å². The lowest BCUT2D eigenvalue weighted by Crippen LogP contribution is -2.55. The Labute approximate surface area is 215 Å². The van der Waals surface area contributed by atoms with Crippen LogP contribution in [-0.4, -0.2) is 80.2 Å². The second-order valence-corrected chi connectivity index (χ2v) is 10.8. The molecule has 0 saturated carbocycles. The highest BCUT2D eigenvalue weighted by molar-refractivity contribution is 7.93. The molecule has 0 radical (unpaired) electrons. The third kappa shape index (κ3) is 5.37. The van der Waals surface area contributed by atoms with Gasteiger partial charge in [-0.2, -0.15) is 0 Å². The maximum atomic E-state index is 13.2. The minimum atomic E-state index is -3.89. The van der Waals surface area contributed by atoms with E-state index in [1.54, 1.807) is 64.5 Å². The number of sulfonamides is 1. The number of nitrogens with zero attached hydrogens (tertiary/aromatic N) is 3. The fourth-order valence-electron chi connectivity index (χ4n) is 4.60. The van der Waals surface area contributed by atoms with Gasteiger partial charge in [0.05, 0.1) is 18.7 Å². The van der Waals surface area contributed by atoms with Gasteiger partial charge < -0.3 is 19.3 Å². The first-order valence-electron chi connectivity index (χ1n) is 12.1. The Morgan fingerprint density at radius 3 is 2.59 bits per heavy atom. The number of hydrogen-bond acceptors (Lipinski definition) is 7. The molecule has 3 aromatic rings.